The van der Waals surface area contributed by atoms with Crippen LogP contribution in [0.4, 0.5) is 0 Å². The Balaban J connectivity index is 1.42. The molecule has 2 saturated heterocycles. The van der Waals surface area contributed by atoms with Crippen LogP contribution in [0.2, 0.25) is 0 Å². The van der Waals surface area contributed by atoms with Gasteiger partial charge in [-0.25, -0.2) is 0 Å². The first-order chi connectivity index (χ1) is 11.7. The number of thioether (sulfide) groups is 1. The molecular weight excluding hydrogens is 320 g/mol. The predicted molar refractivity (Wildman–Crippen MR) is 98.5 cm³/mol. The number of carbonyl (C=O) groups is 2. The molecule has 3 rings (SSSR count). The number of hydrogen-bond acceptors (Lipinski definition) is 4. The summed E-state index contributed by atoms with van der Waals surface area (Å²) >= 11 is 1.44. The quantitative estimate of drug-likeness (QED) is 0.743. The van der Waals surface area contributed by atoms with Crippen LogP contribution in [0, 0.1) is 0 Å². The lowest BCUT2D eigenvalue weighted by atomic mass is 10.0. The van der Waals surface area contributed by atoms with E-state index >= 15 is 0 Å². The van der Waals surface area contributed by atoms with Gasteiger partial charge in [0.2, 0.25) is 5.91 Å². The van der Waals surface area contributed by atoms with Gasteiger partial charge < -0.3 is 4.90 Å². The number of likely N-dealkylation sites (tertiary alicyclic amines) is 2. The molecule has 0 radical (unpaired) electrons. The summed E-state index contributed by atoms with van der Waals surface area (Å²) < 4.78 is 0. The third-order valence-corrected chi connectivity index (χ3v) is 5.88. The number of rotatable bonds is 6. The van der Waals surface area contributed by atoms with Crippen LogP contribution >= 0.6 is 11.8 Å². The van der Waals surface area contributed by atoms with Crippen LogP contribution in [0.15, 0.2) is 30.3 Å². The van der Waals surface area contributed by atoms with Gasteiger partial charge in [-0.2, -0.15) is 0 Å². The van der Waals surface area contributed by atoms with Gasteiger partial charge in [0.05, 0.1) is 11.5 Å². The van der Waals surface area contributed by atoms with Gasteiger partial charge in [-0.05, 0) is 38.8 Å². The second kappa shape index (κ2) is 8.67. The molecule has 2 aliphatic heterocycles. The van der Waals surface area contributed by atoms with Crippen molar-refractivity contribution in [1.29, 1.82) is 0 Å². The molecule has 24 heavy (non-hydrogen) atoms. The monoisotopic (exact) mass is 346 g/mol. The fraction of sp³-hybridized carbons (Fsp3) is 0.579. The second-order valence-electron chi connectivity index (χ2n) is 6.66. The SMILES string of the molecule is O=C(CSCC(=O)N1CCC[C@H](N2CCCC2)C1)c1ccccc1. The van der Waals surface area contributed by atoms with Crippen molar-refractivity contribution in [2.45, 2.75) is 31.7 Å². The zero-order chi connectivity index (χ0) is 16.8. The third-order valence-electron chi connectivity index (χ3n) is 4.96. The first kappa shape index (κ1) is 17.5. The number of carbonyl (C=O) groups excluding carboxylic acids is 2. The summed E-state index contributed by atoms with van der Waals surface area (Å²) in [6.45, 7) is 4.11. The molecule has 2 fully saturated rings. The molecule has 0 aromatic heterocycles. The van der Waals surface area contributed by atoms with E-state index in [2.05, 4.69) is 4.90 Å². The topological polar surface area (TPSA) is 40.6 Å². The summed E-state index contributed by atoms with van der Waals surface area (Å²) in [5.41, 5.74) is 0.726. The number of Topliss-reactive ketones (excluding diaryl/α,β-unsaturated/α-hetero) is 1. The highest BCUT2D eigenvalue weighted by molar-refractivity contribution is 8.00. The fourth-order valence-electron chi connectivity index (χ4n) is 3.62. The largest absolute Gasteiger partial charge is 0.340 e. The van der Waals surface area contributed by atoms with Crippen LogP contribution < -0.4 is 0 Å². The summed E-state index contributed by atoms with van der Waals surface area (Å²) in [5.74, 6) is 1.07. The van der Waals surface area contributed by atoms with Gasteiger partial charge in [-0.1, -0.05) is 30.3 Å². The molecule has 2 aliphatic rings. The maximum absolute atomic E-state index is 12.5. The minimum absolute atomic E-state index is 0.0991. The highest BCUT2D eigenvalue weighted by Crippen LogP contribution is 2.21. The third kappa shape index (κ3) is 4.61. The maximum Gasteiger partial charge on any atom is 0.232 e. The zero-order valence-electron chi connectivity index (χ0n) is 14.2. The number of hydrogen-bond donors (Lipinski definition) is 0. The van der Waals surface area contributed by atoms with Gasteiger partial charge in [0.15, 0.2) is 5.78 Å². The second-order valence-corrected chi connectivity index (χ2v) is 7.65. The lowest BCUT2D eigenvalue weighted by Crippen LogP contribution is -2.49. The Labute approximate surface area is 148 Å². The van der Waals surface area contributed by atoms with E-state index < -0.39 is 0 Å². The molecule has 1 amide bonds. The summed E-state index contributed by atoms with van der Waals surface area (Å²) in [6.07, 6.45) is 4.90. The summed E-state index contributed by atoms with van der Waals surface area (Å²) in [7, 11) is 0. The number of nitrogens with zero attached hydrogens (tertiary/aromatic N) is 2. The molecule has 4 nitrogen and oxygen atoms in total. The Morgan fingerprint density at radius 3 is 2.50 bits per heavy atom. The van der Waals surface area contributed by atoms with Crippen LogP contribution in [0.5, 0.6) is 0 Å². The van der Waals surface area contributed by atoms with Gasteiger partial charge in [0.1, 0.15) is 0 Å². The van der Waals surface area contributed by atoms with Crippen molar-refractivity contribution >= 4 is 23.5 Å². The van der Waals surface area contributed by atoms with Gasteiger partial charge in [0, 0.05) is 24.7 Å². The fourth-order valence-corrected chi connectivity index (χ4v) is 4.43. The van der Waals surface area contributed by atoms with Gasteiger partial charge in [-0.15, -0.1) is 11.8 Å². The summed E-state index contributed by atoms with van der Waals surface area (Å²) in [6, 6.07) is 9.85. The molecule has 1 aromatic carbocycles. The van der Waals surface area contributed by atoms with Crippen molar-refractivity contribution < 1.29 is 9.59 Å². The predicted octanol–water partition coefficient (Wildman–Crippen LogP) is 2.69. The number of benzene rings is 1. The maximum atomic E-state index is 12.5. The minimum Gasteiger partial charge on any atom is -0.340 e. The van der Waals surface area contributed by atoms with Crippen LogP contribution in [0.3, 0.4) is 0 Å². The minimum atomic E-state index is 0.0991. The Morgan fingerprint density at radius 1 is 1.00 bits per heavy atom. The van der Waals surface area contributed by atoms with Crippen LogP contribution in [-0.2, 0) is 4.79 Å². The normalized spacial score (nSPS) is 21.8. The molecule has 0 spiro atoms. The molecule has 0 saturated carbocycles. The van der Waals surface area contributed by atoms with E-state index in [0.717, 1.165) is 25.1 Å². The van der Waals surface area contributed by atoms with Crippen molar-refractivity contribution in [3.8, 4) is 0 Å². The van der Waals surface area contributed by atoms with Crippen molar-refractivity contribution in [2.24, 2.45) is 0 Å². The molecule has 130 valence electrons. The smallest absolute Gasteiger partial charge is 0.232 e. The summed E-state index contributed by atoms with van der Waals surface area (Å²) in [4.78, 5) is 29.1. The molecular formula is C19H26N2O2S. The molecule has 2 heterocycles. The first-order valence-electron chi connectivity index (χ1n) is 8.92. The zero-order valence-corrected chi connectivity index (χ0v) is 15.0. The molecule has 5 heteroatoms. The summed E-state index contributed by atoms with van der Waals surface area (Å²) in [5, 5.41) is 0. The standard InChI is InChI=1S/C19H26N2O2S/c22-18(16-7-2-1-3-8-16)14-24-15-19(23)21-12-6-9-17(13-21)20-10-4-5-11-20/h1-3,7-8,17H,4-6,9-15H2/t17-/m0/s1. The van der Waals surface area contributed by atoms with Crippen molar-refractivity contribution in [3.63, 3.8) is 0 Å². The molecule has 0 aliphatic carbocycles. The van der Waals surface area contributed by atoms with E-state index in [1.165, 1.54) is 44.1 Å². The lowest BCUT2D eigenvalue weighted by Gasteiger charge is -2.37. The average Bonchev–Trinajstić information content (AvgIpc) is 3.17. The van der Waals surface area contributed by atoms with E-state index in [0.29, 0.717) is 17.5 Å². The molecule has 1 atom stereocenters. The first-order valence-corrected chi connectivity index (χ1v) is 10.1. The van der Waals surface area contributed by atoms with Crippen LogP contribution in [-0.4, -0.2) is 65.2 Å². The number of amides is 1. The Morgan fingerprint density at radius 2 is 1.75 bits per heavy atom. The van der Waals surface area contributed by atoms with Crippen LogP contribution in [0.25, 0.3) is 0 Å². The van der Waals surface area contributed by atoms with Gasteiger partial charge >= 0.3 is 0 Å². The van der Waals surface area contributed by atoms with E-state index in [1.54, 1.807) is 0 Å². The Bertz CT molecular complexity index is 558. The number of ketones is 1. The van der Waals surface area contributed by atoms with E-state index in [1.807, 2.05) is 35.2 Å². The molecule has 0 N–H and O–H groups in total. The van der Waals surface area contributed by atoms with E-state index in [4.69, 9.17) is 0 Å². The Kier molecular flexibility index (Phi) is 6.32. The van der Waals surface area contributed by atoms with E-state index in [9.17, 15) is 9.59 Å². The van der Waals surface area contributed by atoms with Crippen molar-refractivity contribution in [3.05, 3.63) is 35.9 Å². The van der Waals surface area contributed by atoms with Crippen molar-refractivity contribution in [2.75, 3.05) is 37.7 Å². The number of piperidine rings is 1. The molecule has 0 unspecified atom stereocenters. The van der Waals surface area contributed by atoms with Crippen molar-refractivity contribution in [1.82, 2.24) is 9.80 Å². The van der Waals surface area contributed by atoms with Gasteiger partial charge in [-0.3, -0.25) is 14.5 Å². The lowest BCUT2D eigenvalue weighted by molar-refractivity contribution is -0.130. The molecule has 1 aromatic rings. The average molecular weight is 346 g/mol. The Hall–Kier alpha value is -1.33. The van der Waals surface area contributed by atoms with E-state index in [-0.39, 0.29) is 11.7 Å². The highest BCUT2D eigenvalue weighted by Gasteiger charge is 2.29. The molecule has 0 bridgehead atoms. The highest BCUT2D eigenvalue weighted by atomic mass is 32.2. The van der Waals surface area contributed by atoms with Gasteiger partial charge in [0.25, 0.3) is 0 Å². The van der Waals surface area contributed by atoms with Crippen LogP contribution in [0.1, 0.15) is 36.0 Å².